The summed E-state index contributed by atoms with van der Waals surface area (Å²) in [6.45, 7) is 5.71. The van der Waals surface area contributed by atoms with Crippen LogP contribution in [0.15, 0.2) is 37.0 Å². The Morgan fingerprint density at radius 2 is 1.94 bits per heavy atom. The van der Waals surface area contributed by atoms with Crippen LogP contribution in [0.25, 0.3) is 0 Å². The molecule has 100 valence electrons. The molecule has 0 aromatic heterocycles. The Kier molecular flexibility index (Phi) is 12.8. The summed E-state index contributed by atoms with van der Waals surface area (Å²) in [7, 11) is 0. The third-order valence-electron chi connectivity index (χ3n) is 2.58. The van der Waals surface area contributed by atoms with Gasteiger partial charge >= 0.3 is 0 Å². The van der Waals surface area contributed by atoms with Gasteiger partial charge in [0.15, 0.2) is 0 Å². The molecule has 0 rings (SSSR count). The van der Waals surface area contributed by atoms with Crippen molar-refractivity contribution in [3.63, 3.8) is 0 Å². The number of hydrogen-bond donors (Lipinski definition) is 1. The van der Waals surface area contributed by atoms with Gasteiger partial charge in [0.25, 0.3) is 0 Å². The molecule has 0 fully saturated rings. The van der Waals surface area contributed by atoms with Crippen LogP contribution in [0.1, 0.15) is 51.9 Å². The minimum Gasteiger partial charge on any atom is -0.385 e. The molecule has 1 nitrogen and oxygen atoms in total. The molecule has 0 aliphatic heterocycles. The summed E-state index contributed by atoms with van der Waals surface area (Å²) < 4.78 is 0. The van der Waals surface area contributed by atoms with Crippen molar-refractivity contribution in [3.05, 3.63) is 37.0 Å². The topological polar surface area (TPSA) is 20.2 Å². The van der Waals surface area contributed by atoms with Crippen LogP contribution < -0.4 is 0 Å². The number of rotatable bonds is 9. The van der Waals surface area contributed by atoms with E-state index in [0.29, 0.717) is 0 Å². The van der Waals surface area contributed by atoms with Crippen molar-refractivity contribution in [3.8, 4) is 11.8 Å². The molecule has 1 N–H and O–H groups in total. The summed E-state index contributed by atoms with van der Waals surface area (Å²) in [5, 5.41) is 9.13. The van der Waals surface area contributed by atoms with Gasteiger partial charge in [0.2, 0.25) is 0 Å². The van der Waals surface area contributed by atoms with Gasteiger partial charge in [0.05, 0.1) is 6.10 Å². The largest absolute Gasteiger partial charge is 0.385 e. The lowest BCUT2D eigenvalue weighted by Gasteiger charge is -1.95. The quantitative estimate of drug-likeness (QED) is 0.363. The Labute approximate surface area is 112 Å². The Morgan fingerprint density at radius 1 is 1.17 bits per heavy atom. The van der Waals surface area contributed by atoms with E-state index >= 15 is 0 Å². The fourth-order valence-corrected chi connectivity index (χ4v) is 1.47. The second-order valence-corrected chi connectivity index (χ2v) is 4.28. The average molecular weight is 246 g/mol. The van der Waals surface area contributed by atoms with Crippen LogP contribution >= 0.6 is 0 Å². The zero-order valence-corrected chi connectivity index (χ0v) is 11.6. The maximum Gasteiger partial charge on any atom is 0.0909 e. The highest BCUT2D eigenvalue weighted by Crippen LogP contribution is 2.05. The van der Waals surface area contributed by atoms with Gasteiger partial charge in [-0.05, 0) is 25.0 Å². The molecule has 0 aliphatic rings. The minimum absolute atomic E-state index is 0.585. The molecule has 0 bridgehead atoms. The van der Waals surface area contributed by atoms with Gasteiger partial charge in [-0.2, -0.15) is 0 Å². The molecule has 18 heavy (non-hydrogen) atoms. The summed E-state index contributed by atoms with van der Waals surface area (Å²) >= 11 is 0. The SMILES string of the molecule is C=CC(O)/C=C/C#CC/C=C\CCCCCCC. The van der Waals surface area contributed by atoms with Crippen molar-refractivity contribution < 1.29 is 5.11 Å². The van der Waals surface area contributed by atoms with E-state index in [4.69, 9.17) is 5.11 Å². The minimum atomic E-state index is -0.585. The van der Waals surface area contributed by atoms with Gasteiger partial charge in [0, 0.05) is 6.42 Å². The number of unbranched alkanes of at least 4 members (excludes halogenated alkanes) is 5. The first-order chi connectivity index (χ1) is 8.81. The van der Waals surface area contributed by atoms with Gasteiger partial charge < -0.3 is 5.11 Å². The first kappa shape index (κ1) is 16.7. The average Bonchev–Trinajstić information content (AvgIpc) is 2.39. The van der Waals surface area contributed by atoms with Crippen molar-refractivity contribution in [2.45, 2.75) is 58.0 Å². The Balaban J connectivity index is 3.45. The molecule has 1 atom stereocenters. The lowest BCUT2D eigenvalue weighted by atomic mass is 10.1. The second-order valence-electron chi connectivity index (χ2n) is 4.28. The van der Waals surface area contributed by atoms with Crippen molar-refractivity contribution in [1.29, 1.82) is 0 Å². The van der Waals surface area contributed by atoms with Crippen LogP contribution in [-0.4, -0.2) is 11.2 Å². The lowest BCUT2D eigenvalue weighted by molar-refractivity contribution is 0.272. The summed E-state index contributed by atoms with van der Waals surface area (Å²) in [5.41, 5.74) is 0. The standard InChI is InChI=1S/C17H26O/c1-3-5-6-7-8-9-10-11-12-13-14-15-16-17(18)4-2/h4,10-11,15-18H,2-3,5-9,12H2,1H3/b11-10-,16-15+. The summed E-state index contributed by atoms with van der Waals surface area (Å²) in [4.78, 5) is 0. The molecule has 0 amide bonds. The zero-order valence-electron chi connectivity index (χ0n) is 11.6. The zero-order chi connectivity index (χ0) is 13.5. The molecular formula is C17H26O. The van der Waals surface area contributed by atoms with Crippen LogP contribution in [0.4, 0.5) is 0 Å². The van der Waals surface area contributed by atoms with Crippen LogP contribution in [0, 0.1) is 11.8 Å². The molecule has 0 aliphatic carbocycles. The van der Waals surface area contributed by atoms with Crippen molar-refractivity contribution in [2.75, 3.05) is 0 Å². The van der Waals surface area contributed by atoms with E-state index in [1.54, 1.807) is 12.2 Å². The first-order valence-electron chi connectivity index (χ1n) is 6.92. The van der Waals surface area contributed by atoms with E-state index < -0.39 is 6.10 Å². The van der Waals surface area contributed by atoms with Crippen molar-refractivity contribution in [1.82, 2.24) is 0 Å². The van der Waals surface area contributed by atoms with E-state index in [-0.39, 0.29) is 0 Å². The van der Waals surface area contributed by atoms with E-state index in [9.17, 15) is 0 Å². The summed E-state index contributed by atoms with van der Waals surface area (Å²) in [6, 6.07) is 0. The second kappa shape index (κ2) is 13.8. The van der Waals surface area contributed by atoms with E-state index in [0.717, 1.165) is 12.8 Å². The molecule has 0 radical (unpaired) electrons. The van der Waals surface area contributed by atoms with Gasteiger partial charge in [0.1, 0.15) is 0 Å². The van der Waals surface area contributed by atoms with Gasteiger partial charge in [-0.1, -0.05) is 62.7 Å². The number of allylic oxidation sites excluding steroid dienone is 3. The molecule has 0 spiro atoms. The molecule has 0 saturated heterocycles. The first-order valence-corrected chi connectivity index (χ1v) is 6.92. The van der Waals surface area contributed by atoms with E-state index in [1.165, 1.54) is 38.2 Å². The van der Waals surface area contributed by atoms with Crippen molar-refractivity contribution in [2.24, 2.45) is 0 Å². The Morgan fingerprint density at radius 3 is 2.67 bits per heavy atom. The van der Waals surface area contributed by atoms with Crippen LogP contribution in [0.3, 0.4) is 0 Å². The highest BCUT2D eigenvalue weighted by atomic mass is 16.3. The van der Waals surface area contributed by atoms with Gasteiger partial charge in [-0.15, -0.1) is 6.58 Å². The summed E-state index contributed by atoms with van der Waals surface area (Å²) in [5.74, 6) is 5.89. The van der Waals surface area contributed by atoms with E-state index in [1.807, 2.05) is 0 Å². The highest BCUT2D eigenvalue weighted by molar-refractivity contribution is 5.19. The highest BCUT2D eigenvalue weighted by Gasteiger charge is 1.86. The third-order valence-corrected chi connectivity index (χ3v) is 2.58. The smallest absolute Gasteiger partial charge is 0.0909 e. The van der Waals surface area contributed by atoms with Gasteiger partial charge in [-0.25, -0.2) is 0 Å². The van der Waals surface area contributed by atoms with Crippen LogP contribution in [-0.2, 0) is 0 Å². The third kappa shape index (κ3) is 12.8. The molecule has 0 heterocycles. The molecule has 1 unspecified atom stereocenters. The predicted octanol–water partition coefficient (Wildman–Crippen LogP) is 4.40. The normalized spacial score (nSPS) is 12.6. The maximum absolute atomic E-state index is 9.13. The Bertz CT molecular complexity index is 301. The van der Waals surface area contributed by atoms with E-state index in [2.05, 4.69) is 37.5 Å². The van der Waals surface area contributed by atoms with Crippen molar-refractivity contribution >= 4 is 0 Å². The number of hydrogen-bond acceptors (Lipinski definition) is 1. The summed E-state index contributed by atoms with van der Waals surface area (Å²) in [6.07, 6.45) is 17.1. The molecule has 0 aromatic carbocycles. The lowest BCUT2D eigenvalue weighted by Crippen LogP contribution is -1.93. The monoisotopic (exact) mass is 246 g/mol. The molecular weight excluding hydrogens is 220 g/mol. The number of aliphatic hydroxyl groups excluding tert-OH is 1. The molecule has 0 aromatic rings. The van der Waals surface area contributed by atoms with Crippen LogP contribution in [0.2, 0.25) is 0 Å². The molecule has 0 saturated carbocycles. The fraction of sp³-hybridized carbons (Fsp3) is 0.529. The van der Waals surface area contributed by atoms with Crippen LogP contribution in [0.5, 0.6) is 0 Å². The maximum atomic E-state index is 9.13. The number of aliphatic hydroxyl groups is 1. The molecule has 1 heteroatoms. The fourth-order valence-electron chi connectivity index (χ4n) is 1.47. The predicted molar refractivity (Wildman–Crippen MR) is 80.3 cm³/mol. The Hall–Kier alpha value is -1.26. The van der Waals surface area contributed by atoms with Gasteiger partial charge in [-0.3, -0.25) is 0 Å².